The monoisotopic (exact) mass is 352 g/mol. The van der Waals surface area contributed by atoms with Crippen LogP contribution in [0, 0.1) is 0 Å². The van der Waals surface area contributed by atoms with E-state index in [1.807, 2.05) is 30.3 Å². The number of aromatic carboxylic acids is 1. The Morgan fingerprint density at radius 3 is 2.75 bits per heavy atom. The van der Waals surface area contributed by atoms with Gasteiger partial charge in [0, 0.05) is 15.1 Å². The molecule has 0 spiro atoms. The summed E-state index contributed by atoms with van der Waals surface area (Å²) in [5.74, 6) is 0.551. The van der Waals surface area contributed by atoms with Crippen molar-refractivity contribution in [3.05, 3.63) is 58.1 Å². The molecule has 0 aliphatic rings. The maximum Gasteiger partial charge on any atom is 0.336 e. The van der Waals surface area contributed by atoms with Gasteiger partial charge in [0.15, 0.2) is 0 Å². The third-order valence-corrected chi connectivity index (χ3v) is 4.65. The fourth-order valence-electron chi connectivity index (χ4n) is 1.71. The summed E-state index contributed by atoms with van der Waals surface area (Å²) in [4.78, 5) is 11.9. The first-order valence-electron chi connectivity index (χ1n) is 5.89. The normalized spacial score (nSPS) is 10.3. The summed E-state index contributed by atoms with van der Waals surface area (Å²) in [5, 5.41) is 9.16. The second-order valence-corrected chi connectivity index (χ2v) is 5.92. The first kappa shape index (κ1) is 14.9. The molecule has 0 aliphatic carbocycles. The van der Waals surface area contributed by atoms with Crippen LogP contribution in [0.15, 0.2) is 51.8 Å². The predicted octanol–water partition coefficient (Wildman–Crippen LogP) is 4.45. The van der Waals surface area contributed by atoms with Crippen LogP contribution in [0.1, 0.15) is 15.9 Å². The van der Waals surface area contributed by atoms with Crippen molar-refractivity contribution in [3.63, 3.8) is 0 Å². The van der Waals surface area contributed by atoms with Gasteiger partial charge in [-0.2, -0.15) is 0 Å². The zero-order valence-corrected chi connectivity index (χ0v) is 13.2. The highest BCUT2D eigenvalue weighted by Gasteiger charge is 2.10. The maximum absolute atomic E-state index is 11.2. The van der Waals surface area contributed by atoms with Crippen LogP contribution in [-0.4, -0.2) is 18.2 Å². The Morgan fingerprint density at radius 1 is 1.30 bits per heavy atom. The highest BCUT2D eigenvalue weighted by atomic mass is 79.9. The molecule has 0 aromatic heterocycles. The van der Waals surface area contributed by atoms with Crippen molar-refractivity contribution in [2.45, 2.75) is 10.6 Å². The number of rotatable bonds is 5. The van der Waals surface area contributed by atoms with Gasteiger partial charge in [-0.05, 0) is 35.9 Å². The lowest BCUT2D eigenvalue weighted by atomic mass is 10.2. The molecule has 1 N–H and O–H groups in total. The van der Waals surface area contributed by atoms with Crippen LogP contribution in [0.4, 0.5) is 0 Å². The first-order valence-corrected chi connectivity index (χ1v) is 7.67. The lowest BCUT2D eigenvalue weighted by Crippen LogP contribution is -1.98. The SMILES string of the molecule is COc1ccc(Br)c(CSc2ccccc2C(=O)O)c1. The minimum Gasteiger partial charge on any atom is -0.497 e. The number of hydrogen-bond acceptors (Lipinski definition) is 3. The van der Waals surface area contributed by atoms with Gasteiger partial charge in [0.05, 0.1) is 12.7 Å². The van der Waals surface area contributed by atoms with Gasteiger partial charge in [-0.1, -0.05) is 28.1 Å². The summed E-state index contributed by atoms with van der Waals surface area (Å²) in [5.41, 5.74) is 1.39. The molecule has 0 amide bonds. The fourth-order valence-corrected chi connectivity index (χ4v) is 3.32. The van der Waals surface area contributed by atoms with Crippen LogP contribution >= 0.6 is 27.7 Å². The van der Waals surface area contributed by atoms with Crippen molar-refractivity contribution in [2.24, 2.45) is 0 Å². The van der Waals surface area contributed by atoms with Crippen molar-refractivity contribution in [1.82, 2.24) is 0 Å². The Morgan fingerprint density at radius 2 is 2.05 bits per heavy atom. The number of carboxylic acids is 1. The van der Waals surface area contributed by atoms with Crippen molar-refractivity contribution < 1.29 is 14.6 Å². The average Bonchev–Trinajstić information content (AvgIpc) is 2.46. The lowest BCUT2D eigenvalue weighted by molar-refractivity contribution is 0.0693. The smallest absolute Gasteiger partial charge is 0.336 e. The van der Waals surface area contributed by atoms with E-state index in [9.17, 15) is 4.79 Å². The molecule has 2 rings (SSSR count). The fraction of sp³-hybridized carbons (Fsp3) is 0.133. The molecule has 104 valence electrons. The zero-order chi connectivity index (χ0) is 14.5. The minimum absolute atomic E-state index is 0.330. The number of benzene rings is 2. The first-order chi connectivity index (χ1) is 9.61. The Bertz CT molecular complexity index is 628. The summed E-state index contributed by atoms with van der Waals surface area (Å²) < 4.78 is 6.18. The number of ether oxygens (including phenoxy) is 1. The van der Waals surface area contributed by atoms with Gasteiger partial charge >= 0.3 is 5.97 Å². The molecular formula is C15H13BrO3S. The number of thioether (sulfide) groups is 1. The number of hydrogen-bond donors (Lipinski definition) is 1. The highest BCUT2D eigenvalue weighted by molar-refractivity contribution is 9.10. The number of halogens is 1. The largest absolute Gasteiger partial charge is 0.497 e. The van der Waals surface area contributed by atoms with E-state index in [0.717, 1.165) is 20.7 Å². The van der Waals surface area contributed by atoms with E-state index in [2.05, 4.69) is 15.9 Å². The molecule has 2 aromatic rings. The van der Waals surface area contributed by atoms with Gasteiger partial charge in [-0.3, -0.25) is 0 Å². The van der Waals surface area contributed by atoms with Crippen molar-refractivity contribution >= 4 is 33.7 Å². The number of methoxy groups -OCH3 is 1. The van der Waals surface area contributed by atoms with Gasteiger partial charge in [0.1, 0.15) is 5.75 Å². The minimum atomic E-state index is -0.905. The molecule has 0 bridgehead atoms. The highest BCUT2D eigenvalue weighted by Crippen LogP contribution is 2.31. The summed E-state index contributed by atoms with van der Waals surface area (Å²) in [6.45, 7) is 0. The van der Waals surface area contributed by atoms with Gasteiger partial charge in [0.2, 0.25) is 0 Å². The molecule has 2 aromatic carbocycles. The maximum atomic E-state index is 11.2. The molecular weight excluding hydrogens is 340 g/mol. The Labute approximate surface area is 130 Å². The molecule has 0 fully saturated rings. The molecule has 0 unspecified atom stereocenters. The molecule has 3 nitrogen and oxygen atoms in total. The van der Waals surface area contributed by atoms with E-state index in [4.69, 9.17) is 9.84 Å². The van der Waals surface area contributed by atoms with Gasteiger partial charge in [0.25, 0.3) is 0 Å². The lowest BCUT2D eigenvalue weighted by Gasteiger charge is -2.09. The molecule has 0 saturated heterocycles. The summed E-state index contributed by atoms with van der Waals surface area (Å²) >= 11 is 4.99. The quantitative estimate of drug-likeness (QED) is 0.807. The summed E-state index contributed by atoms with van der Waals surface area (Å²) in [6.07, 6.45) is 0. The van der Waals surface area contributed by atoms with E-state index in [1.165, 1.54) is 11.8 Å². The van der Waals surface area contributed by atoms with Crippen LogP contribution in [0.25, 0.3) is 0 Å². The van der Waals surface area contributed by atoms with Crippen molar-refractivity contribution in [1.29, 1.82) is 0 Å². The standard InChI is InChI=1S/C15H13BrO3S/c1-19-11-6-7-13(16)10(8-11)9-20-14-5-3-2-4-12(14)15(17)18/h2-8H,9H2,1H3,(H,17,18). The van der Waals surface area contributed by atoms with E-state index < -0.39 is 5.97 Å². The van der Waals surface area contributed by atoms with Crippen LogP contribution < -0.4 is 4.74 Å². The molecule has 0 heterocycles. The van der Waals surface area contributed by atoms with E-state index >= 15 is 0 Å². The number of carboxylic acid groups (broad SMARTS) is 1. The molecule has 0 saturated carbocycles. The van der Waals surface area contributed by atoms with E-state index in [0.29, 0.717) is 11.3 Å². The van der Waals surface area contributed by atoms with Gasteiger partial charge in [-0.25, -0.2) is 4.79 Å². The van der Waals surface area contributed by atoms with Crippen LogP contribution in [0.2, 0.25) is 0 Å². The number of carbonyl (C=O) groups is 1. The topological polar surface area (TPSA) is 46.5 Å². The second-order valence-electron chi connectivity index (χ2n) is 4.05. The zero-order valence-electron chi connectivity index (χ0n) is 10.8. The summed E-state index contributed by atoms with van der Waals surface area (Å²) in [6, 6.07) is 12.8. The van der Waals surface area contributed by atoms with Gasteiger partial charge < -0.3 is 9.84 Å². The van der Waals surface area contributed by atoms with Crippen molar-refractivity contribution in [2.75, 3.05) is 7.11 Å². The predicted molar refractivity (Wildman–Crippen MR) is 83.7 cm³/mol. The molecule has 0 radical (unpaired) electrons. The molecule has 0 atom stereocenters. The van der Waals surface area contributed by atoms with Crippen LogP contribution in [-0.2, 0) is 5.75 Å². The molecule has 0 aliphatic heterocycles. The van der Waals surface area contributed by atoms with Crippen LogP contribution in [0.5, 0.6) is 5.75 Å². The van der Waals surface area contributed by atoms with Crippen molar-refractivity contribution in [3.8, 4) is 5.75 Å². The third-order valence-electron chi connectivity index (χ3n) is 2.75. The Kier molecular flexibility index (Phi) is 5.09. The molecule has 5 heteroatoms. The van der Waals surface area contributed by atoms with Gasteiger partial charge in [-0.15, -0.1) is 11.8 Å². The Hall–Kier alpha value is -1.46. The van der Waals surface area contributed by atoms with Crippen LogP contribution in [0.3, 0.4) is 0 Å². The summed E-state index contributed by atoms with van der Waals surface area (Å²) in [7, 11) is 1.62. The third kappa shape index (κ3) is 3.55. The Balaban J connectivity index is 2.19. The second kappa shape index (κ2) is 6.81. The molecule has 20 heavy (non-hydrogen) atoms. The van der Waals surface area contributed by atoms with E-state index in [-0.39, 0.29) is 0 Å². The average molecular weight is 353 g/mol. The van der Waals surface area contributed by atoms with E-state index in [1.54, 1.807) is 19.2 Å².